The van der Waals surface area contributed by atoms with Crippen LogP contribution in [0.15, 0.2) is 24.3 Å². The topological polar surface area (TPSA) is 35.5 Å². The van der Waals surface area contributed by atoms with Gasteiger partial charge in [-0.3, -0.25) is 0 Å². The van der Waals surface area contributed by atoms with E-state index in [-0.39, 0.29) is 12.1 Å². The van der Waals surface area contributed by atoms with E-state index >= 15 is 0 Å². The first-order chi connectivity index (χ1) is 7.25. The van der Waals surface area contributed by atoms with Crippen molar-refractivity contribution in [2.24, 2.45) is 0 Å². The van der Waals surface area contributed by atoms with Crippen molar-refractivity contribution >= 4 is 5.97 Å². The normalized spacial score (nSPS) is 17.5. The SMILES string of the molecule is CC(=O)[O][Hg][CH2]C1Cc2ccccc2O1. The Morgan fingerprint density at radius 2 is 2.40 bits per heavy atom. The molecular formula is C11H12HgO3. The summed E-state index contributed by atoms with van der Waals surface area (Å²) in [6.45, 7) is 1.48. The molecule has 1 atom stereocenters. The van der Waals surface area contributed by atoms with Gasteiger partial charge in [-0.25, -0.2) is 0 Å². The van der Waals surface area contributed by atoms with Crippen molar-refractivity contribution in [3.8, 4) is 5.75 Å². The third kappa shape index (κ3) is 2.94. The Morgan fingerprint density at radius 3 is 3.13 bits per heavy atom. The molecule has 76 valence electrons. The van der Waals surface area contributed by atoms with Gasteiger partial charge >= 0.3 is 102 Å². The van der Waals surface area contributed by atoms with E-state index in [9.17, 15) is 4.79 Å². The molecule has 0 saturated heterocycles. The van der Waals surface area contributed by atoms with Crippen LogP contribution in [-0.2, 0) is 38.9 Å². The quantitative estimate of drug-likeness (QED) is 0.738. The Balaban J connectivity index is 1.83. The second-order valence-corrected chi connectivity index (χ2v) is 8.63. The van der Waals surface area contributed by atoms with Gasteiger partial charge in [-0.2, -0.15) is 0 Å². The predicted octanol–water partition coefficient (Wildman–Crippen LogP) is 1.97. The third-order valence-corrected chi connectivity index (χ3v) is 8.25. The molecule has 1 unspecified atom stereocenters. The first-order valence-electron chi connectivity index (χ1n) is 5.13. The van der Waals surface area contributed by atoms with Crippen LogP contribution in [0, 0.1) is 0 Å². The summed E-state index contributed by atoms with van der Waals surface area (Å²) in [6, 6.07) is 8.11. The molecule has 2 rings (SSSR count). The van der Waals surface area contributed by atoms with Crippen molar-refractivity contribution in [3.05, 3.63) is 29.8 Å². The van der Waals surface area contributed by atoms with Gasteiger partial charge in [0.2, 0.25) is 0 Å². The monoisotopic (exact) mass is 394 g/mol. The number of ether oxygens (including phenoxy) is 1. The van der Waals surface area contributed by atoms with E-state index in [1.807, 2.05) is 18.2 Å². The molecule has 15 heavy (non-hydrogen) atoms. The first-order valence-corrected chi connectivity index (χ1v) is 11.3. The van der Waals surface area contributed by atoms with Crippen LogP contribution in [0.3, 0.4) is 0 Å². The maximum atomic E-state index is 10.6. The van der Waals surface area contributed by atoms with Gasteiger partial charge in [0.15, 0.2) is 0 Å². The Labute approximate surface area is 102 Å². The van der Waals surface area contributed by atoms with Crippen LogP contribution in [0.5, 0.6) is 5.75 Å². The Hall–Kier alpha value is -0.575. The van der Waals surface area contributed by atoms with E-state index in [1.54, 1.807) is 0 Å². The summed E-state index contributed by atoms with van der Waals surface area (Å²) in [5.74, 6) is 0.867. The van der Waals surface area contributed by atoms with Crippen molar-refractivity contribution in [3.63, 3.8) is 0 Å². The number of carbonyl (C=O) groups excluding carboxylic acids is 1. The number of hydrogen-bond donors (Lipinski definition) is 0. The third-order valence-electron chi connectivity index (χ3n) is 2.46. The first kappa shape index (κ1) is 10.9. The molecule has 0 amide bonds. The van der Waals surface area contributed by atoms with Crippen molar-refractivity contribution in [2.45, 2.75) is 23.4 Å². The summed E-state index contributed by atoms with van der Waals surface area (Å²) >= 11 is -1.47. The van der Waals surface area contributed by atoms with E-state index in [1.165, 1.54) is 12.5 Å². The second-order valence-electron chi connectivity index (χ2n) is 3.68. The molecule has 0 aliphatic carbocycles. The van der Waals surface area contributed by atoms with Crippen molar-refractivity contribution in [1.82, 2.24) is 0 Å². The summed E-state index contributed by atoms with van der Waals surface area (Å²) in [6.07, 6.45) is 1.22. The number of benzene rings is 1. The van der Waals surface area contributed by atoms with Crippen LogP contribution in [0.1, 0.15) is 12.5 Å². The molecule has 1 aromatic rings. The molecule has 0 bridgehead atoms. The van der Waals surface area contributed by atoms with Crippen LogP contribution < -0.4 is 4.74 Å². The summed E-state index contributed by atoms with van der Waals surface area (Å²) in [5.41, 5.74) is 1.28. The molecule has 1 heterocycles. The van der Waals surface area contributed by atoms with E-state index in [2.05, 4.69) is 6.07 Å². The van der Waals surface area contributed by atoms with Gasteiger partial charge in [-0.05, 0) is 0 Å². The molecule has 0 spiro atoms. The van der Waals surface area contributed by atoms with Gasteiger partial charge in [0.25, 0.3) is 0 Å². The molecule has 0 radical (unpaired) electrons. The molecular weight excluding hydrogens is 381 g/mol. The predicted molar refractivity (Wildman–Crippen MR) is 51.1 cm³/mol. The molecule has 0 aromatic heterocycles. The van der Waals surface area contributed by atoms with Gasteiger partial charge in [0.1, 0.15) is 0 Å². The average Bonchev–Trinajstić information content (AvgIpc) is 2.59. The van der Waals surface area contributed by atoms with Crippen LogP contribution >= 0.6 is 0 Å². The second kappa shape index (κ2) is 4.97. The number of rotatable bonds is 3. The van der Waals surface area contributed by atoms with E-state index < -0.39 is 25.0 Å². The minimum atomic E-state index is -1.47. The fourth-order valence-electron chi connectivity index (χ4n) is 1.75. The fourth-order valence-corrected chi connectivity index (χ4v) is 5.60. The van der Waals surface area contributed by atoms with E-state index in [0.29, 0.717) is 0 Å². The number of carbonyl (C=O) groups is 1. The van der Waals surface area contributed by atoms with Gasteiger partial charge in [0, 0.05) is 0 Å². The Morgan fingerprint density at radius 1 is 1.60 bits per heavy atom. The summed E-state index contributed by atoms with van der Waals surface area (Å²) < 4.78 is 11.8. The van der Waals surface area contributed by atoms with Gasteiger partial charge in [-0.15, -0.1) is 0 Å². The minimum absolute atomic E-state index is 0.132. The Bertz CT molecular complexity index is 340. The molecule has 0 N–H and O–H groups in total. The molecule has 1 aliphatic rings. The van der Waals surface area contributed by atoms with Crippen molar-refractivity contribution in [1.29, 1.82) is 0 Å². The van der Waals surface area contributed by atoms with Crippen LogP contribution in [-0.4, -0.2) is 12.1 Å². The zero-order chi connectivity index (χ0) is 10.7. The van der Waals surface area contributed by atoms with Crippen molar-refractivity contribution in [2.75, 3.05) is 0 Å². The number of para-hydroxylation sites is 1. The van der Waals surface area contributed by atoms with Gasteiger partial charge in [-0.1, -0.05) is 0 Å². The van der Waals surface area contributed by atoms with E-state index in [0.717, 1.165) is 16.1 Å². The fraction of sp³-hybridized carbons (Fsp3) is 0.364. The van der Waals surface area contributed by atoms with Gasteiger partial charge < -0.3 is 0 Å². The standard InChI is InChI=1S/C9H9O.C2H4O2.Hg/c1-7-6-8-4-2-3-5-9(8)10-7;1-2(3)4;/h2-5,7H,1,6H2;1H3,(H,3,4);/q;;+1/p-1. The van der Waals surface area contributed by atoms with Crippen molar-refractivity contribution < 1.29 is 37.2 Å². The number of hydrogen-bond acceptors (Lipinski definition) is 3. The molecule has 3 nitrogen and oxygen atoms in total. The number of fused-ring (bicyclic) bond motifs is 1. The van der Waals surface area contributed by atoms with E-state index in [4.69, 9.17) is 7.38 Å². The molecule has 0 saturated carbocycles. The molecule has 0 fully saturated rings. The summed E-state index contributed by atoms with van der Waals surface area (Å²) in [5, 5.41) is 0. The summed E-state index contributed by atoms with van der Waals surface area (Å²) in [7, 11) is 0. The maximum absolute atomic E-state index is 10.6. The van der Waals surface area contributed by atoms with Crippen LogP contribution in [0.4, 0.5) is 0 Å². The Kier molecular flexibility index (Phi) is 3.62. The molecule has 4 heteroatoms. The summed E-state index contributed by atoms with van der Waals surface area (Å²) in [4.78, 5) is 10.6. The zero-order valence-electron chi connectivity index (χ0n) is 8.73. The molecule has 1 aromatic carbocycles. The molecule has 1 aliphatic heterocycles. The van der Waals surface area contributed by atoms with Crippen LogP contribution in [0.2, 0.25) is 3.93 Å². The van der Waals surface area contributed by atoms with Crippen LogP contribution in [0.25, 0.3) is 0 Å². The average molecular weight is 393 g/mol. The zero-order valence-corrected chi connectivity index (χ0v) is 14.2. The van der Waals surface area contributed by atoms with Gasteiger partial charge in [0.05, 0.1) is 0 Å².